The van der Waals surface area contributed by atoms with Crippen molar-refractivity contribution in [3.63, 3.8) is 0 Å². The summed E-state index contributed by atoms with van der Waals surface area (Å²) in [5.41, 5.74) is 10.2. The van der Waals surface area contributed by atoms with Gasteiger partial charge in [0.25, 0.3) is 0 Å². The van der Waals surface area contributed by atoms with E-state index in [9.17, 15) is 9.59 Å². The van der Waals surface area contributed by atoms with E-state index in [1.165, 1.54) is 290 Å². The van der Waals surface area contributed by atoms with Gasteiger partial charge >= 0.3 is 218 Å². The van der Waals surface area contributed by atoms with Crippen molar-refractivity contribution in [3.8, 4) is 23.7 Å². The molecule has 12 rings (SSSR count). The van der Waals surface area contributed by atoms with E-state index in [-0.39, 0.29) is 11.6 Å². The summed E-state index contributed by atoms with van der Waals surface area (Å²) in [5.74, 6) is 13.9. The largest absolute Gasteiger partial charge is 0.288 e. The quantitative estimate of drug-likeness (QED) is 0.0221. The minimum Gasteiger partial charge on any atom is -0.288 e. The summed E-state index contributed by atoms with van der Waals surface area (Å²) in [6.07, 6.45) is 50.4. The van der Waals surface area contributed by atoms with Gasteiger partial charge in [0.1, 0.15) is 0 Å². The van der Waals surface area contributed by atoms with Crippen molar-refractivity contribution in [1.29, 1.82) is 0 Å². The molecule has 0 N–H and O–H groups in total. The zero-order valence-corrected chi connectivity index (χ0v) is 73.9. The number of rotatable bonds is 37. The molecule has 0 radical (unpaired) electrons. The summed E-state index contributed by atoms with van der Waals surface area (Å²) in [4.78, 5) is 34.1. The number of fused-ring (bicyclic) bond motifs is 8. The van der Waals surface area contributed by atoms with Gasteiger partial charge in [-0.2, -0.15) is 0 Å². The van der Waals surface area contributed by atoms with Crippen molar-refractivity contribution in [3.05, 3.63) is 140 Å². The molecule has 1 aliphatic rings. The van der Waals surface area contributed by atoms with E-state index in [1.807, 2.05) is 22.7 Å². The van der Waals surface area contributed by atoms with Crippen molar-refractivity contribution in [2.24, 2.45) is 0 Å². The van der Waals surface area contributed by atoms with Crippen molar-refractivity contribution in [2.45, 2.75) is 307 Å². The monoisotopic (exact) mass is 1630 g/mol. The fourth-order valence-electron chi connectivity index (χ4n) is 14.6. The van der Waals surface area contributed by atoms with E-state index < -0.39 is 18.4 Å². The molecule has 552 valence electrons. The molecule has 8 aromatic heterocycles. The second-order valence-electron chi connectivity index (χ2n) is 29.8. The number of hydrogen-bond donors (Lipinski definition) is 0. The first-order valence-electron chi connectivity index (χ1n) is 40.4. The maximum atomic E-state index is 11.8. The second-order valence-corrected chi connectivity index (χ2v) is 53.0. The fourth-order valence-corrected chi connectivity index (χ4v) is 27.7. The molecule has 0 unspecified atom stereocenters. The van der Waals surface area contributed by atoms with Gasteiger partial charge < -0.3 is 0 Å². The molecule has 0 saturated carbocycles. The molecule has 0 atom stereocenters. The zero-order valence-electron chi connectivity index (χ0n) is 64.5. The van der Waals surface area contributed by atoms with Crippen LogP contribution in [0.1, 0.15) is 329 Å². The molecule has 0 saturated heterocycles. The third kappa shape index (κ3) is 23.1. The van der Waals surface area contributed by atoms with Gasteiger partial charge in [-0.3, -0.25) is 9.59 Å². The summed E-state index contributed by atoms with van der Waals surface area (Å²) >= 11 is 12.4. The van der Waals surface area contributed by atoms with Gasteiger partial charge in [0.05, 0.1) is 30.3 Å². The van der Waals surface area contributed by atoms with Gasteiger partial charge in [-0.1, -0.05) is 154 Å². The van der Waals surface area contributed by atoms with Crippen LogP contribution >= 0.6 is 90.7 Å². The molecule has 103 heavy (non-hydrogen) atoms. The normalized spacial score (nSPS) is 12.0. The SMILES string of the molecule is CCCCCCC#Cc1c2ccsc2c(C#CCCCCCC)c2ccsc12.CCCCCCCCc1c2c[c]([Sn]([CH3])([CH3])[CH3])sc2c(CCCCCCCC)c2cc(C)sc12.CCCCCCCCc1c2ccsc2c(CCCCCCCC)c2ccsc12.O=C1c2ccsc2C(=O)c2ccsc21. The van der Waals surface area contributed by atoms with Crippen LogP contribution in [-0.2, 0) is 25.7 Å². The van der Waals surface area contributed by atoms with Crippen molar-refractivity contribution in [1.82, 2.24) is 0 Å². The predicted molar refractivity (Wildman–Crippen MR) is 474 cm³/mol. The molecule has 0 spiro atoms. The topological polar surface area (TPSA) is 34.1 Å². The Morgan fingerprint density at radius 2 is 0.631 bits per heavy atom. The van der Waals surface area contributed by atoms with E-state index in [0.29, 0.717) is 20.9 Å². The van der Waals surface area contributed by atoms with Crippen LogP contribution in [0.25, 0.3) is 60.5 Å². The second kappa shape index (κ2) is 44.5. The molecule has 0 aliphatic heterocycles. The molecule has 2 nitrogen and oxygen atoms in total. The van der Waals surface area contributed by atoms with Crippen molar-refractivity contribution >= 4 is 184 Å². The number of carbonyl (C=O) groups is 2. The minimum atomic E-state index is -2.10. The molecule has 1 aliphatic carbocycles. The zero-order chi connectivity index (χ0) is 72.8. The fraction of sp³-hybridized carbons (Fsp3) is 0.522. The molecule has 3 aromatic carbocycles. The van der Waals surface area contributed by atoms with E-state index in [2.05, 4.69) is 168 Å². The van der Waals surface area contributed by atoms with Crippen molar-refractivity contribution in [2.75, 3.05) is 0 Å². The number of benzene rings is 3. The van der Waals surface area contributed by atoms with Gasteiger partial charge in [0.15, 0.2) is 0 Å². The summed E-state index contributed by atoms with van der Waals surface area (Å²) < 4.78 is 10.8. The Hall–Kier alpha value is -3.92. The first kappa shape index (κ1) is 83.1. The number of aryl methyl sites for hydroxylation is 5. The molecule has 0 bridgehead atoms. The summed E-state index contributed by atoms with van der Waals surface area (Å²) in [5, 5.41) is 21.6. The van der Waals surface area contributed by atoms with Gasteiger partial charge in [-0.15, -0.1) is 68.0 Å². The molecule has 0 fully saturated rings. The first-order valence-corrected chi connectivity index (χ1v) is 57.3. The van der Waals surface area contributed by atoms with E-state index in [4.69, 9.17) is 0 Å². The average Bonchev–Trinajstić information content (AvgIpc) is 1.62. The predicted octanol–water partition coefficient (Wildman–Crippen LogP) is 32.0. The molecule has 11 aromatic rings. The molecular formula is C92H120O2S8Sn. The average molecular weight is 1630 g/mol. The molecule has 0 amide bonds. The van der Waals surface area contributed by atoms with E-state index >= 15 is 0 Å². The maximum absolute atomic E-state index is 11.8. The van der Waals surface area contributed by atoms with Gasteiger partial charge in [0.2, 0.25) is 11.6 Å². The Morgan fingerprint density at radius 3 is 1.01 bits per heavy atom. The maximum Gasteiger partial charge on any atom is 0.205 e. The molecule has 8 heterocycles. The van der Waals surface area contributed by atoms with Gasteiger partial charge in [-0.05, 0) is 129 Å². The number of hydrogen-bond acceptors (Lipinski definition) is 10. The van der Waals surface area contributed by atoms with Crippen LogP contribution in [0, 0.1) is 30.6 Å². The van der Waals surface area contributed by atoms with Crippen LogP contribution in [0.5, 0.6) is 0 Å². The summed E-state index contributed by atoms with van der Waals surface area (Å²) in [7, 11) is 0. The summed E-state index contributed by atoms with van der Waals surface area (Å²) in [6, 6.07) is 17.9. The third-order valence-corrected chi connectivity index (χ3v) is 37.8. The van der Waals surface area contributed by atoms with Crippen LogP contribution in [-0.4, -0.2) is 29.9 Å². The third-order valence-electron chi connectivity index (χ3n) is 20.5. The summed E-state index contributed by atoms with van der Waals surface area (Å²) in [6.45, 7) is 16.0. The number of ketones is 2. The van der Waals surface area contributed by atoms with Crippen LogP contribution < -0.4 is 2.89 Å². The van der Waals surface area contributed by atoms with Gasteiger partial charge in [0, 0.05) is 44.1 Å². The van der Waals surface area contributed by atoms with Crippen LogP contribution in [0.4, 0.5) is 0 Å². The number of unbranched alkanes of at least 4 members (excludes halogenated alkanes) is 28. The van der Waals surface area contributed by atoms with E-state index in [0.717, 1.165) is 12.8 Å². The number of carbonyl (C=O) groups excluding carboxylic acids is 2. The van der Waals surface area contributed by atoms with Gasteiger partial charge in [-0.25, -0.2) is 0 Å². The molecular weight excluding hydrogens is 1510 g/mol. The standard InChI is InChI=1S/C27H39S2.C26H38S2.C26H30S2.C10H4O2S2.3CH3.Sn/c1-4-6-8-10-12-14-16-22-24-18-19-28-26(24)23(17-15-13-11-9-7-5-2)25-20-21(3)29-27(22)25;2*1-3-5-7-9-11-13-15-21-23-17-19-28-26(23)22(24-18-20-27-25(21)24)16-14-12-10-8-6-4-2;11-7-5-1-3-13-9(5)8(12)6-2-4-14-10(6)7;;;;/h18,20H,4-17H2,1-3H3;17-20H,3-16H2,1-2H3;17-20H,3-12H2,1-2H3;1-4H;3*1H3;. The Kier molecular flexibility index (Phi) is 35.9. The Balaban J connectivity index is 0.000000164. The smallest absolute Gasteiger partial charge is 0.205 e. The Morgan fingerprint density at radius 1 is 0.320 bits per heavy atom. The van der Waals surface area contributed by atoms with Crippen LogP contribution in [0.2, 0.25) is 14.8 Å². The van der Waals surface area contributed by atoms with E-state index in [1.54, 1.807) is 111 Å². The Labute approximate surface area is 658 Å². The van der Waals surface area contributed by atoms with Crippen molar-refractivity contribution < 1.29 is 9.59 Å². The minimum absolute atomic E-state index is 0.00847. The van der Waals surface area contributed by atoms with Crippen LogP contribution in [0.15, 0.2) is 80.8 Å². The van der Waals surface area contributed by atoms with Crippen LogP contribution in [0.3, 0.4) is 0 Å². The first-order chi connectivity index (χ1) is 50.4. The number of thiophene rings is 8. The Bertz CT molecular complexity index is 4120. The molecule has 11 heteroatoms.